The summed E-state index contributed by atoms with van der Waals surface area (Å²) in [5.41, 5.74) is 10.0. The standard InChI is InChI=1S/C50H31NOS/c1-2-12-38-32(10-1)11-9-17-39(38)33-20-24-35(25-21-33)51(37-28-29-49-45(30-37)42-15-6-8-19-48(42)53-49)36-26-22-34(23-27-36)44-31-46-41-14-5-7-18-47(41)52-50(46)43-16-4-3-13-40(43)44/h1-31H. The van der Waals surface area contributed by atoms with Crippen molar-refractivity contribution in [3.63, 3.8) is 0 Å². The van der Waals surface area contributed by atoms with E-state index in [1.165, 1.54) is 58.6 Å². The van der Waals surface area contributed by atoms with Gasteiger partial charge < -0.3 is 9.32 Å². The SMILES string of the molecule is c1ccc2c(-c3ccc(N(c4ccc(-c5cc6c7ccccc7oc6c6ccccc56)cc4)c4ccc5sc6ccccc6c5c4)cc3)cccc2c1. The number of fused-ring (bicyclic) bond motifs is 9. The number of thiophene rings is 1. The van der Waals surface area contributed by atoms with Gasteiger partial charge in [0, 0.05) is 53.4 Å². The Morgan fingerprint density at radius 3 is 1.74 bits per heavy atom. The summed E-state index contributed by atoms with van der Waals surface area (Å²) < 4.78 is 9.01. The van der Waals surface area contributed by atoms with Gasteiger partial charge in [0.05, 0.1) is 0 Å². The van der Waals surface area contributed by atoms with E-state index in [-0.39, 0.29) is 0 Å². The molecule has 9 aromatic carbocycles. The highest BCUT2D eigenvalue weighted by atomic mass is 32.1. The lowest BCUT2D eigenvalue weighted by Crippen LogP contribution is -2.09. The maximum Gasteiger partial charge on any atom is 0.143 e. The van der Waals surface area contributed by atoms with Crippen molar-refractivity contribution in [2.75, 3.05) is 4.90 Å². The average molecular weight is 694 g/mol. The molecule has 0 aliphatic rings. The van der Waals surface area contributed by atoms with Crippen LogP contribution in [0.3, 0.4) is 0 Å². The molecule has 248 valence electrons. The monoisotopic (exact) mass is 693 g/mol. The molecule has 0 unspecified atom stereocenters. The topological polar surface area (TPSA) is 16.4 Å². The molecule has 2 aromatic heterocycles. The van der Waals surface area contributed by atoms with E-state index in [1.54, 1.807) is 0 Å². The van der Waals surface area contributed by atoms with E-state index in [0.717, 1.165) is 44.4 Å². The van der Waals surface area contributed by atoms with E-state index < -0.39 is 0 Å². The second-order valence-electron chi connectivity index (χ2n) is 13.7. The molecule has 0 bridgehead atoms. The third kappa shape index (κ3) is 4.86. The first-order chi connectivity index (χ1) is 26.3. The zero-order valence-electron chi connectivity index (χ0n) is 28.7. The number of para-hydroxylation sites is 1. The first-order valence-electron chi connectivity index (χ1n) is 18.0. The molecule has 2 nitrogen and oxygen atoms in total. The fourth-order valence-electron chi connectivity index (χ4n) is 8.14. The van der Waals surface area contributed by atoms with Crippen LogP contribution in [0.1, 0.15) is 0 Å². The fraction of sp³-hybridized carbons (Fsp3) is 0. The summed E-state index contributed by atoms with van der Waals surface area (Å²) >= 11 is 1.85. The molecule has 0 spiro atoms. The number of anilines is 3. The van der Waals surface area contributed by atoms with Crippen molar-refractivity contribution in [3.05, 3.63) is 188 Å². The van der Waals surface area contributed by atoms with Crippen LogP contribution >= 0.6 is 11.3 Å². The lowest BCUT2D eigenvalue weighted by Gasteiger charge is -2.26. The first kappa shape index (κ1) is 30.0. The van der Waals surface area contributed by atoms with Crippen LogP contribution in [0.25, 0.3) is 85.9 Å². The summed E-state index contributed by atoms with van der Waals surface area (Å²) in [6, 6.07) is 68.1. The van der Waals surface area contributed by atoms with Crippen LogP contribution < -0.4 is 4.90 Å². The summed E-state index contributed by atoms with van der Waals surface area (Å²) in [4.78, 5) is 2.38. The van der Waals surface area contributed by atoms with Crippen LogP contribution in [0, 0.1) is 0 Å². The lowest BCUT2D eigenvalue weighted by atomic mass is 9.95. The van der Waals surface area contributed by atoms with Crippen LogP contribution in [0.15, 0.2) is 192 Å². The predicted molar refractivity (Wildman–Crippen MR) is 227 cm³/mol. The van der Waals surface area contributed by atoms with E-state index >= 15 is 0 Å². The summed E-state index contributed by atoms with van der Waals surface area (Å²) in [7, 11) is 0. The number of nitrogens with zero attached hydrogens (tertiary/aromatic N) is 1. The Hall–Kier alpha value is -6.68. The van der Waals surface area contributed by atoms with Crippen molar-refractivity contribution in [1.29, 1.82) is 0 Å². The summed E-state index contributed by atoms with van der Waals surface area (Å²) in [6.45, 7) is 0. The first-order valence-corrected chi connectivity index (χ1v) is 18.8. The maximum atomic E-state index is 6.41. The molecule has 0 aliphatic heterocycles. The third-order valence-electron chi connectivity index (χ3n) is 10.7. The molecule has 0 N–H and O–H groups in total. The molecule has 0 atom stereocenters. The van der Waals surface area contributed by atoms with E-state index in [9.17, 15) is 0 Å². The van der Waals surface area contributed by atoms with Gasteiger partial charge in [-0.05, 0) is 99.1 Å². The summed E-state index contributed by atoms with van der Waals surface area (Å²) in [6.07, 6.45) is 0. The molecule has 53 heavy (non-hydrogen) atoms. The lowest BCUT2D eigenvalue weighted by molar-refractivity contribution is 0.672. The van der Waals surface area contributed by atoms with Crippen LogP contribution in [-0.2, 0) is 0 Å². The molecule has 0 radical (unpaired) electrons. The van der Waals surface area contributed by atoms with Gasteiger partial charge in [0.15, 0.2) is 0 Å². The van der Waals surface area contributed by atoms with Crippen LogP contribution in [0.2, 0.25) is 0 Å². The molecule has 0 aliphatic carbocycles. The molecule has 0 fully saturated rings. The molecule has 0 saturated carbocycles. The largest absolute Gasteiger partial charge is 0.455 e. The van der Waals surface area contributed by atoms with Gasteiger partial charge in [-0.2, -0.15) is 0 Å². The Morgan fingerprint density at radius 2 is 0.943 bits per heavy atom. The van der Waals surface area contributed by atoms with Gasteiger partial charge in [-0.15, -0.1) is 11.3 Å². The molecule has 2 heterocycles. The van der Waals surface area contributed by atoms with Gasteiger partial charge in [0.25, 0.3) is 0 Å². The van der Waals surface area contributed by atoms with Crippen LogP contribution in [0.5, 0.6) is 0 Å². The summed E-state index contributed by atoms with van der Waals surface area (Å²) in [5.74, 6) is 0. The second kappa shape index (κ2) is 11.9. The molecule has 11 aromatic rings. The number of furan rings is 1. The van der Waals surface area contributed by atoms with E-state index in [1.807, 2.05) is 17.4 Å². The smallest absolute Gasteiger partial charge is 0.143 e. The number of benzene rings is 9. The molecule has 0 saturated heterocycles. The Labute approximate surface area is 310 Å². The van der Waals surface area contributed by atoms with Crippen LogP contribution in [0.4, 0.5) is 17.1 Å². The van der Waals surface area contributed by atoms with Gasteiger partial charge in [-0.1, -0.05) is 127 Å². The van der Waals surface area contributed by atoms with Gasteiger partial charge in [-0.25, -0.2) is 0 Å². The van der Waals surface area contributed by atoms with E-state index in [2.05, 4.69) is 187 Å². The Bertz CT molecular complexity index is 3160. The second-order valence-corrected chi connectivity index (χ2v) is 14.8. The third-order valence-corrected chi connectivity index (χ3v) is 11.8. The van der Waals surface area contributed by atoms with Crippen molar-refractivity contribution >= 4 is 92.1 Å². The number of rotatable bonds is 5. The van der Waals surface area contributed by atoms with Crippen molar-refractivity contribution in [2.24, 2.45) is 0 Å². The van der Waals surface area contributed by atoms with Crippen molar-refractivity contribution < 1.29 is 4.42 Å². The molecule has 0 amide bonds. The van der Waals surface area contributed by atoms with Crippen molar-refractivity contribution in [1.82, 2.24) is 0 Å². The van der Waals surface area contributed by atoms with E-state index in [4.69, 9.17) is 4.42 Å². The minimum absolute atomic E-state index is 0.914. The number of hydrogen-bond acceptors (Lipinski definition) is 3. The maximum absolute atomic E-state index is 6.41. The molecular formula is C50H31NOS. The highest BCUT2D eigenvalue weighted by Crippen LogP contribution is 2.43. The minimum Gasteiger partial charge on any atom is -0.455 e. The van der Waals surface area contributed by atoms with Crippen molar-refractivity contribution in [3.8, 4) is 22.3 Å². The quantitative estimate of drug-likeness (QED) is 0.178. The zero-order chi connectivity index (χ0) is 34.9. The Balaban J connectivity index is 1.06. The van der Waals surface area contributed by atoms with Gasteiger partial charge >= 0.3 is 0 Å². The van der Waals surface area contributed by atoms with Gasteiger partial charge in [0.2, 0.25) is 0 Å². The van der Waals surface area contributed by atoms with Crippen molar-refractivity contribution in [2.45, 2.75) is 0 Å². The highest BCUT2D eigenvalue weighted by molar-refractivity contribution is 7.25. The number of hydrogen-bond donors (Lipinski definition) is 0. The fourth-order valence-corrected chi connectivity index (χ4v) is 9.23. The Morgan fingerprint density at radius 1 is 0.358 bits per heavy atom. The van der Waals surface area contributed by atoms with Gasteiger partial charge in [-0.3, -0.25) is 0 Å². The van der Waals surface area contributed by atoms with Crippen LogP contribution in [-0.4, -0.2) is 0 Å². The zero-order valence-corrected chi connectivity index (χ0v) is 29.5. The summed E-state index contributed by atoms with van der Waals surface area (Å²) in [5, 5.41) is 9.68. The molecule has 3 heteroatoms. The minimum atomic E-state index is 0.914. The Kier molecular flexibility index (Phi) is 6.76. The van der Waals surface area contributed by atoms with Gasteiger partial charge in [0.1, 0.15) is 11.2 Å². The predicted octanol–water partition coefficient (Wildman–Crippen LogP) is 15.1. The normalized spacial score (nSPS) is 11.8. The average Bonchev–Trinajstić information content (AvgIpc) is 3.79. The van der Waals surface area contributed by atoms with E-state index in [0.29, 0.717) is 0 Å². The highest BCUT2D eigenvalue weighted by Gasteiger charge is 2.18. The molecule has 11 rings (SSSR count). The molecular weight excluding hydrogens is 663 g/mol.